The molecule has 2 rings (SSSR count). The maximum atomic E-state index is 4.33. The first-order valence-electron chi connectivity index (χ1n) is 7.70. The molecule has 0 radical (unpaired) electrons. The number of pyridine rings is 1. The molecule has 0 fully saturated rings. The van der Waals surface area contributed by atoms with Crippen molar-refractivity contribution in [2.75, 3.05) is 32.6 Å². The molecule has 0 bridgehead atoms. The summed E-state index contributed by atoms with van der Waals surface area (Å²) in [4.78, 5) is 12.0. The van der Waals surface area contributed by atoms with Crippen LogP contribution in [0.3, 0.4) is 0 Å². The smallest absolute Gasteiger partial charge is 0.191 e. The first kappa shape index (κ1) is 17.3. The van der Waals surface area contributed by atoms with Crippen molar-refractivity contribution < 1.29 is 0 Å². The number of thiophene rings is 1. The summed E-state index contributed by atoms with van der Waals surface area (Å²) in [6, 6.07) is 8.36. The first-order chi connectivity index (χ1) is 11.1. The van der Waals surface area contributed by atoms with Crippen LogP contribution in [0.5, 0.6) is 0 Å². The van der Waals surface area contributed by atoms with Crippen molar-refractivity contribution in [3.63, 3.8) is 0 Å². The number of hydrogen-bond donors (Lipinski definition) is 2. The van der Waals surface area contributed by atoms with Crippen molar-refractivity contribution in [2.24, 2.45) is 4.99 Å². The van der Waals surface area contributed by atoms with E-state index in [1.54, 1.807) is 18.4 Å². The van der Waals surface area contributed by atoms with E-state index in [2.05, 4.69) is 51.1 Å². The molecule has 5 nitrogen and oxygen atoms in total. The normalized spacial score (nSPS) is 12.8. The van der Waals surface area contributed by atoms with Crippen LogP contribution in [-0.2, 0) is 6.54 Å². The van der Waals surface area contributed by atoms with Gasteiger partial charge in [-0.3, -0.25) is 4.99 Å². The van der Waals surface area contributed by atoms with Gasteiger partial charge < -0.3 is 15.5 Å². The van der Waals surface area contributed by atoms with Gasteiger partial charge >= 0.3 is 0 Å². The Labute approximate surface area is 142 Å². The number of aromatic nitrogens is 1. The van der Waals surface area contributed by atoms with E-state index in [9.17, 15) is 0 Å². The van der Waals surface area contributed by atoms with Gasteiger partial charge in [0.1, 0.15) is 5.82 Å². The fourth-order valence-corrected chi connectivity index (χ4v) is 2.93. The predicted molar refractivity (Wildman–Crippen MR) is 99.5 cm³/mol. The van der Waals surface area contributed by atoms with Gasteiger partial charge in [0.05, 0.1) is 0 Å². The summed E-state index contributed by atoms with van der Waals surface area (Å²) in [7, 11) is 5.78. The highest BCUT2D eigenvalue weighted by Crippen LogP contribution is 2.19. The third-order valence-corrected chi connectivity index (χ3v) is 4.66. The fourth-order valence-electron chi connectivity index (χ4n) is 2.14. The summed E-state index contributed by atoms with van der Waals surface area (Å²) >= 11 is 1.79. The van der Waals surface area contributed by atoms with Gasteiger partial charge in [-0.2, -0.15) is 0 Å². The fraction of sp³-hybridized carbons (Fsp3) is 0.412. The van der Waals surface area contributed by atoms with Crippen molar-refractivity contribution in [2.45, 2.75) is 19.4 Å². The monoisotopic (exact) mass is 331 g/mol. The van der Waals surface area contributed by atoms with E-state index < -0.39 is 0 Å². The van der Waals surface area contributed by atoms with Crippen LogP contribution in [0.25, 0.3) is 0 Å². The number of nitrogens with zero attached hydrogens (tertiary/aromatic N) is 3. The summed E-state index contributed by atoms with van der Waals surface area (Å²) in [6.07, 6.45) is 1.83. The molecule has 0 aliphatic rings. The van der Waals surface area contributed by atoms with Gasteiger partial charge in [-0.15, -0.1) is 11.3 Å². The highest BCUT2D eigenvalue weighted by molar-refractivity contribution is 7.10. The van der Waals surface area contributed by atoms with Crippen LogP contribution >= 0.6 is 11.3 Å². The second-order valence-electron chi connectivity index (χ2n) is 5.64. The molecule has 0 saturated carbocycles. The van der Waals surface area contributed by atoms with Crippen LogP contribution in [0.1, 0.15) is 23.3 Å². The van der Waals surface area contributed by atoms with Gasteiger partial charge in [-0.1, -0.05) is 13.0 Å². The van der Waals surface area contributed by atoms with Gasteiger partial charge in [0.15, 0.2) is 5.96 Å². The van der Waals surface area contributed by atoms with Gasteiger partial charge in [0, 0.05) is 51.2 Å². The molecular formula is C17H25N5S. The van der Waals surface area contributed by atoms with E-state index in [0.29, 0.717) is 5.92 Å². The molecule has 1 unspecified atom stereocenters. The number of aliphatic imine (C=N–C) groups is 1. The molecule has 0 aliphatic carbocycles. The Kier molecular flexibility index (Phi) is 6.40. The molecule has 0 spiro atoms. The Morgan fingerprint density at radius 3 is 2.83 bits per heavy atom. The van der Waals surface area contributed by atoms with Crippen LogP contribution in [0.15, 0.2) is 40.8 Å². The molecule has 6 heteroatoms. The van der Waals surface area contributed by atoms with Crippen molar-refractivity contribution >= 4 is 23.1 Å². The minimum atomic E-state index is 0.467. The molecule has 2 N–H and O–H groups in total. The van der Waals surface area contributed by atoms with Crippen LogP contribution in [0.2, 0.25) is 0 Å². The lowest BCUT2D eigenvalue weighted by atomic mass is 10.1. The molecule has 2 aromatic heterocycles. The average Bonchev–Trinajstić information content (AvgIpc) is 3.09. The van der Waals surface area contributed by atoms with E-state index in [1.165, 1.54) is 10.4 Å². The van der Waals surface area contributed by atoms with E-state index in [1.807, 2.05) is 31.3 Å². The van der Waals surface area contributed by atoms with Crippen LogP contribution in [0, 0.1) is 0 Å². The summed E-state index contributed by atoms with van der Waals surface area (Å²) in [6.45, 7) is 3.80. The van der Waals surface area contributed by atoms with Gasteiger partial charge in [-0.25, -0.2) is 4.98 Å². The minimum Gasteiger partial charge on any atom is -0.363 e. The zero-order chi connectivity index (χ0) is 16.7. The van der Waals surface area contributed by atoms with Crippen molar-refractivity contribution in [1.82, 2.24) is 15.6 Å². The zero-order valence-corrected chi connectivity index (χ0v) is 15.0. The number of nitrogens with one attached hydrogen (secondary N) is 2. The molecule has 124 valence electrons. The maximum absolute atomic E-state index is 4.33. The Bertz CT molecular complexity index is 622. The van der Waals surface area contributed by atoms with Crippen LogP contribution < -0.4 is 15.5 Å². The summed E-state index contributed by atoms with van der Waals surface area (Å²) in [5.41, 5.74) is 1.18. The molecule has 0 amide bonds. The molecule has 23 heavy (non-hydrogen) atoms. The first-order valence-corrected chi connectivity index (χ1v) is 8.58. The topological polar surface area (TPSA) is 52.6 Å². The standard InChI is InChI=1S/C17H25N5S/c1-13(15-6-5-9-23-15)11-20-17(18-2)21-12-14-7-8-19-16(10-14)22(3)4/h5-10,13H,11-12H2,1-4H3,(H2,18,20,21). The Morgan fingerprint density at radius 1 is 1.35 bits per heavy atom. The molecule has 0 saturated heterocycles. The van der Waals surface area contributed by atoms with Crippen molar-refractivity contribution in [3.8, 4) is 0 Å². The molecule has 2 aromatic rings. The number of anilines is 1. The molecule has 1 atom stereocenters. The zero-order valence-electron chi connectivity index (χ0n) is 14.2. The van der Waals surface area contributed by atoms with Crippen molar-refractivity contribution in [3.05, 3.63) is 46.3 Å². The lowest BCUT2D eigenvalue weighted by Crippen LogP contribution is -2.38. The van der Waals surface area contributed by atoms with Crippen LogP contribution in [0.4, 0.5) is 5.82 Å². The Balaban J connectivity index is 1.84. The molecular weight excluding hydrogens is 306 g/mol. The van der Waals surface area contributed by atoms with Gasteiger partial charge in [-0.05, 0) is 29.1 Å². The summed E-state index contributed by atoms with van der Waals surface area (Å²) in [5, 5.41) is 8.85. The summed E-state index contributed by atoms with van der Waals surface area (Å²) < 4.78 is 0. The second-order valence-corrected chi connectivity index (χ2v) is 6.62. The lowest BCUT2D eigenvalue weighted by Gasteiger charge is -2.16. The van der Waals surface area contributed by atoms with Crippen LogP contribution in [-0.4, -0.2) is 38.6 Å². The third kappa shape index (κ3) is 5.25. The quantitative estimate of drug-likeness (QED) is 0.631. The van der Waals surface area contributed by atoms with Crippen molar-refractivity contribution in [1.29, 1.82) is 0 Å². The lowest BCUT2D eigenvalue weighted by molar-refractivity contribution is 0.708. The number of rotatable bonds is 6. The second kappa shape index (κ2) is 8.53. The molecule has 0 aliphatic heterocycles. The maximum Gasteiger partial charge on any atom is 0.191 e. The highest BCUT2D eigenvalue weighted by atomic mass is 32.1. The summed E-state index contributed by atoms with van der Waals surface area (Å²) in [5.74, 6) is 2.24. The Morgan fingerprint density at radius 2 is 2.17 bits per heavy atom. The van der Waals surface area contributed by atoms with E-state index >= 15 is 0 Å². The number of guanidine groups is 1. The molecule has 2 heterocycles. The molecule has 0 aromatic carbocycles. The minimum absolute atomic E-state index is 0.467. The largest absolute Gasteiger partial charge is 0.363 e. The Hall–Kier alpha value is -2.08. The third-order valence-electron chi connectivity index (χ3n) is 3.56. The predicted octanol–water partition coefficient (Wildman–Crippen LogP) is 2.68. The van der Waals surface area contributed by atoms with E-state index in [4.69, 9.17) is 0 Å². The average molecular weight is 331 g/mol. The van der Waals surface area contributed by atoms with E-state index in [0.717, 1.165) is 24.9 Å². The number of hydrogen-bond acceptors (Lipinski definition) is 4. The highest BCUT2D eigenvalue weighted by Gasteiger charge is 2.07. The van der Waals surface area contributed by atoms with Gasteiger partial charge in [0.25, 0.3) is 0 Å². The SMILES string of the molecule is CN=C(NCc1ccnc(N(C)C)c1)NCC(C)c1cccs1. The van der Waals surface area contributed by atoms with E-state index in [-0.39, 0.29) is 0 Å². The van der Waals surface area contributed by atoms with Gasteiger partial charge in [0.2, 0.25) is 0 Å².